The molecule has 3 heteroatoms. The maximum atomic E-state index is 9.89. The fourth-order valence-electron chi connectivity index (χ4n) is 1.70. The predicted octanol–water partition coefficient (Wildman–Crippen LogP) is 2.73. The lowest BCUT2D eigenvalue weighted by Crippen LogP contribution is -1.97. The van der Waals surface area contributed by atoms with Crippen molar-refractivity contribution in [2.75, 3.05) is 0 Å². The van der Waals surface area contributed by atoms with E-state index in [1.54, 1.807) is 0 Å². The van der Waals surface area contributed by atoms with Gasteiger partial charge in [-0.05, 0) is 18.1 Å². The van der Waals surface area contributed by atoms with Crippen LogP contribution >= 0.6 is 0 Å². The molecule has 0 amide bonds. The van der Waals surface area contributed by atoms with E-state index in [-0.39, 0.29) is 6.10 Å². The first kappa shape index (κ1) is 10.5. The second-order valence-electron chi connectivity index (χ2n) is 3.87. The molecule has 0 aliphatic carbocycles. The third-order valence-electron chi connectivity index (χ3n) is 2.67. The molecule has 0 saturated heterocycles. The first-order valence-electron chi connectivity index (χ1n) is 5.41. The Balaban J connectivity index is 2.08. The van der Waals surface area contributed by atoms with Crippen LogP contribution in [0.3, 0.4) is 0 Å². The SMILES string of the molecule is CCCCC(O)c1ccc2c(c1)OOC2. The summed E-state index contributed by atoms with van der Waals surface area (Å²) in [5.74, 6) is 0.739. The summed E-state index contributed by atoms with van der Waals surface area (Å²) in [4.78, 5) is 9.83. The summed E-state index contributed by atoms with van der Waals surface area (Å²) in [5.41, 5.74) is 1.95. The Kier molecular flexibility index (Phi) is 3.23. The van der Waals surface area contributed by atoms with Gasteiger partial charge in [-0.25, -0.2) is 0 Å². The molecule has 1 aliphatic rings. The highest BCUT2D eigenvalue weighted by atomic mass is 17.2. The van der Waals surface area contributed by atoms with E-state index in [0.717, 1.165) is 36.1 Å². The van der Waals surface area contributed by atoms with Gasteiger partial charge in [0, 0.05) is 5.56 Å². The maximum Gasteiger partial charge on any atom is 0.171 e. The average molecular weight is 208 g/mol. The van der Waals surface area contributed by atoms with Crippen LogP contribution in [0.5, 0.6) is 5.75 Å². The Morgan fingerprint density at radius 2 is 2.33 bits per heavy atom. The quantitative estimate of drug-likeness (QED) is 0.773. The van der Waals surface area contributed by atoms with Crippen molar-refractivity contribution < 1.29 is 14.9 Å². The van der Waals surface area contributed by atoms with Crippen LogP contribution in [0.25, 0.3) is 0 Å². The van der Waals surface area contributed by atoms with Gasteiger partial charge in [-0.15, -0.1) is 0 Å². The number of fused-ring (bicyclic) bond motifs is 1. The minimum absolute atomic E-state index is 0.389. The van der Waals surface area contributed by atoms with Crippen LogP contribution in [0.2, 0.25) is 0 Å². The Morgan fingerprint density at radius 1 is 1.47 bits per heavy atom. The molecule has 0 spiro atoms. The van der Waals surface area contributed by atoms with Crippen LogP contribution in [-0.2, 0) is 11.5 Å². The standard InChI is InChI=1S/C12H16O3/c1-2-3-4-11(13)9-5-6-10-8-14-15-12(10)7-9/h5-7,11,13H,2-4,8H2,1H3. The summed E-state index contributed by atoms with van der Waals surface area (Å²) >= 11 is 0. The van der Waals surface area contributed by atoms with Crippen molar-refractivity contribution >= 4 is 0 Å². The van der Waals surface area contributed by atoms with Crippen LogP contribution in [-0.4, -0.2) is 5.11 Å². The van der Waals surface area contributed by atoms with Gasteiger partial charge in [-0.1, -0.05) is 31.9 Å². The van der Waals surface area contributed by atoms with Crippen molar-refractivity contribution in [3.63, 3.8) is 0 Å². The van der Waals surface area contributed by atoms with Crippen molar-refractivity contribution in [2.24, 2.45) is 0 Å². The van der Waals surface area contributed by atoms with Gasteiger partial charge in [0.2, 0.25) is 0 Å². The van der Waals surface area contributed by atoms with Crippen molar-refractivity contribution in [1.29, 1.82) is 0 Å². The first-order chi connectivity index (χ1) is 7.31. The number of unbranched alkanes of at least 4 members (excludes halogenated alkanes) is 1. The summed E-state index contributed by atoms with van der Waals surface area (Å²) in [5, 5.41) is 9.89. The predicted molar refractivity (Wildman–Crippen MR) is 56.3 cm³/mol. The molecule has 82 valence electrons. The van der Waals surface area contributed by atoms with Crippen molar-refractivity contribution in [1.82, 2.24) is 0 Å². The lowest BCUT2D eigenvalue weighted by molar-refractivity contribution is -0.194. The Morgan fingerprint density at radius 3 is 3.13 bits per heavy atom. The summed E-state index contributed by atoms with van der Waals surface area (Å²) in [7, 11) is 0. The molecule has 1 aromatic carbocycles. The monoisotopic (exact) mass is 208 g/mol. The molecule has 15 heavy (non-hydrogen) atoms. The van der Waals surface area contributed by atoms with E-state index < -0.39 is 0 Å². The zero-order chi connectivity index (χ0) is 10.7. The zero-order valence-corrected chi connectivity index (χ0v) is 8.90. The van der Waals surface area contributed by atoms with Gasteiger partial charge in [-0.2, -0.15) is 4.89 Å². The van der Waals surface area contributed by atoms with E-state index in [9.17, 15) is 5.11 Å². The van der Waals surface area contributed by atoms with Crippen LogP contribution in [0.15, 0.2) is 18.2 Å². The zero-order valence-electron chi connectivity index (χ0n) is 8.90. The smallest absolute Gasteiger partial charge is 0.171 e. The van der Waals surface area contributed by atoms with Gasteiger partial charge in [0.05, 0.1) is 6.10 Å². The van der Waals surface area contributed by atoms with Crippen LogP contribution in [0.1, 0.15) is 43.4 Å². The highest BCUT2D eigenvalue weighted by Crippen LogP contribution is 2.30. The lowest BCUT2D eigenvalue weighted by Gasteiger charge is -2.10. The minimum Gasteiger partial charge on any atom is -0.388 e. The molecule has 1 N–H and O–H groups in total. The molecule has 1 atom stereocenters. The number of hydrogen-bond acceptors (Lipinski definition) is 3. The fraction of sp³-hybridized carbons (Fsp3) is 0.500. The molecule has 0 bridgehead atoms. The number of hydrogen-bond donors (Lipinski definition) is 1. The van der Waals surface area contributed by atoms with E-state index in [4.69, 9.17) is 9.78 Å². The topological polar surface area (TPSA) is 38.7 Å². The van der Waals surface area contributed by atoms with E-state index in [2.05, 4.69) is 6.92 Å². The second kappa shape index (κ2) is 4.64. The minimum atomic E-state index is -0.389. The van der Waals surface area contributed by atoms with Gasteiger partial charge in [-0.3, -0.25) is 0 Å². The van der Waals surface area contributed by atoms with Gasteiger partial charge >= 0.3 is 0 Å². The molecule has 1 heterocycles. The van der Waals surface area contributed by atoms with Gasteiger partial charge in [0.1, 0.15) is 6.61 Å². The molecule has 1 aliphatic heterocycles. The van der Waals surface area contributed by atoms with E-state index in [0.29, 0.717) is 6.61 Å². The molecular weight excluding hydrogens is 192 g/mol. The molecule has 1 aromatic rings. The number of benzene rings is 1. The molecule has 0 aromatic heterocycles. The fourth-order valence-corrected chi connectivity index (χ4v) is 1.70. The summed E-state index contributed by atoms with van der Waals surface area (Å²) in [6.45, 7) is 2.62. The largest absolute Gasteiger partial charge is 0.388 e. The Bertz CT molecular complexity index is 336. The summed E-state index contributed by atoms with van der Waals surface area (Å²) < 4.78 is 0. The number of rotatable bonds is 4. The van der Waals surface area contributed by atoms with Gasteiger partial charge in [0.15, 0.2) is 5.75 Å². The van der Waals surface area contributed by atoms with E-state index in [1.807, 2.05) is 18.2 Å². The van der Waals surface area contributed by atoms with Crippen LogP contribution in [0.4, 0.5) is 0 Å². The molecule has 0 saturated carbocycles. The van der Waals surface area contributed by atoms with Crippen molar-refractivity contribution in [2.45, 2.75) is 38.9 Å². The summed E-state index contributed by atoms with van der Waals surface area (Å²) in [6.07, 6.45) is 2.55. The van der Waals surface area contributed by atoms with Crippen LogP contribution < -0.4 is 4.89 Å². The number of aliphatic hydroxyl groups is 1. The molecule has 1 unspecified atom stereocenters. The molecule has 3 nitrogen and oxygen atoms in total. The van der Waals surface area contributed by atoms with Crippen molar-refractivity contribution in [3.05, 3.63) is 29.3 Å². The molecular formula is C12H16O3. The van der Waals surface area contributed by atoms with E-state index in [1.165, 1.54) is 0 Å². The van der Waals surface area contributed by atoms with Crippen LogP contribution in [0, 0.1) is 0 Å². The summed E-state index contributed by atoms with van der Waals surface area (Å²) in [6, 6.07) is 5.76. The van der Waals surface area contributed by atoms with E-state index >= 15 is 0 Å². The maximum absolute atomic E-state index is 9.89. The highest BCUT2D eigenvalue weighted by Gasteiger charge is 2.16. The van der Waals surface area contributed by atoms with Gasteiger partial charge in [0.25, 0.3) is 0 Å². The molecule has 0 radical (unpaired) electrons. The number of aliphatic hydroxyl groups excluding tert-OH is 1. The highest BCUT2D eigenvalue weighted by molar-refractivity contribution is 5.38. The third kappa shape index (κ3) is 2.30. The average Bonchev–Trinajstić information content (AvgIpc) is 2.72. The normalized spacial score (nSPS) is 15.9. The second-order valence-corrected chi connectivity index (χ2v) is 3.87. The first-order valence-corrected chi connectivity index (χ1v) is 5.41. The third-order valence-corrected chi connectivity index (χ3v) is 2.67. The van der Waals surface area contributed by atoms with Gasteiger partial charge < -0.3 is 9.99 Å². The molecule has 2 rings (SSSR count). The molecule has 0 fully saturated rings. The van der Waals surface area contributed by atoms with Crippen molar-refractivity contribution in [3.8, 4) is 5.75 Å². The Hall–Kier alpha value is -1.06. The Labute approximate surface area is 89.6 Å². The lowest BCUT2D eigenvalue weighted by atomic mass is 10.0.